The summed E-state index contributed by atoms with van der Waals surface area (Å²) in [7, 11) is 0. The highest BCUT2D eigenvalue weighted by Gasteiger charge is 2.63. The number of hydrogen-bond acceptors (Lipinski definition) is 3. The third-order valence-electron chi connectivity index (χ3n) is 3.09. The standard InChI is InChI=1S/C16H20F3NO3/c1-5-15(16(17,18)19,13(22)20-14(2,3)4)23-12(21)11-9-7-6-8-10-11/h6-10H,5H2,1-4H3,(H,20,22)/t15-/m1/s1. The predicted octanol–water partition coefficient (Wildman–Crippen LogP) is 3.47. The molecule has 1 amide bonds. The number of ether oxygens (including phenoxy) is 1. The Bertz CT molecular complexity index is 564. The maximum absolute atomic E-state index is 13.5. The third-order valence-corrected chi connectivity index (χ3v) is 3.09. The zero-order valence-electron chi connectivity index (χ0n) is 13.5. The van der Waals surface area contributed by atoms with Crippen molar-refractivity contribution in [3.8, 4) is 0 Å². The van der Waals surface area contributed by atoms with E-state index in [1.165, 1.54) is 24.3 Å². The molecule has 4 nitrogen and oxygen atoms in total. The van der Waals surface area contributed by atoms with Crippen molar-refractivity contribution in [1.82, 2.24) is 5.32 Å². The van der Waals surface area contributed by atoms with E-state index in [0.717, 1.165) is 6.92 Å². The number of amides is 1. The maximum Gasteiger partial charge on any atom is 0.437 e. The average Bonchev–Trinajstić information content (AvgIpc) is 2.42. The topological polar surface area (TPSA) is 55.4 Å². The SMILES string of the molecule is CC[C@@](OC(=O)c1ccccc1)(C(=O)NC(C)(C)C)C(F)(F)F. The summed E-state index contributed by atoms with van der Waals surface area (Å²) in [6.07, 6.45) is -5.77. The molecule has 0 spiro atoms. The highest BCUT2D eigenvalue weighted by atomic mass is 19.4. The Morgan fingerprint density at radius 3 is 2.00 bits per heavy atom. The van der Waals surface area contributed by atoms with Crippen LogP contribution in [0.25, 0.3) is 0 Å². The highest BCUT2D eigenvalue weighted by Crippen LogP contribution is 2.38. The van der Waals surface area contributed by atoms with Crippen molar-refractivity contribution < 1.29 is 27.5 Å². The summed E-state index contributed by atoms with van der Waals surface area (Å²) in [4.78, 5) is 24.3. The molecule has 23 heavy (non-hydrogen) atoms. The van der Waals surface area contributed by atoms with E-state index >= 15 is 0 Å². The summed E-state index contributed by atoms with van der Waals surface area (Å²) in [5.41, 5.74) is -4.19. The van der Waals surface area contributed by atoms with Gasteiger partial charge in [0.1, 0.15) is 0 Å². The fraction of sp³-hybridized carbons (Fsp3) is 0.500. The van der Waals surface area contributed by atoms with Gasteiger partial charge >= 0.3 is 12.1 Å². The summed E-state index contributed by atoms with van der Waals surface area (Å²) in [5.74, 6) is -2.59. The molecule has 0 aliphatic carbocycles. The first-order valence-corrected chi connectivity index (χ1v) is 7.10. The van der Waals surface area contributed by atoms with Crippen molar-refractivity contribution in [2.24, 2.45) is 0 Å². The van der Waals surface area contributed by atoms with Crippen LogP contribution in [-0.4, -0.2) is 29.2 Å². The Balaban J connectivity index is 3.20. The maximum atomic E-state index is 13.5. The molecule has 7 heteroatoms. The number of nitrogens with one attached hydrogen (secondary N) is 1. The van der Waals surface area contributed by atoms with Crippen LogP contribution in [0.15, 0.2) is 30.3 Å². The molecular formula is C16H20F3NO3. The number of hydrogen-bond donors (Lipinski definition) is 1. The van der Waals surface area contributed by atoms with Crippen LogP contribution in [0.1, 0.15) is 44.5 Å². The number of esters is 1. The Hall–Kier alpha value is -2.05. The minimum absolute atomic E-state index is 0.0573. The summed E-state index contributed by atoms with van der Waals surface area (Å²) in [6.45, 7) is 5.77. The second-order valence-electron chi connectivity index (χ2n) is 6.14. The molecule has 0 aliphatic heterocycles. The van der Waals surface area contributed by atoms with E-state index in [-0.39, 0.29) is 5.56 Å². The lowest BCUT2D eigenvalue weighted by atomic mass is 9.96. The van der Waals surface area contributed by atoms with E-state index in [0.29, 0.717) is 0 Å². The van der Waals surface area contributed by atoms with Gasteiger partial charge in [0.2, 0.25) is 0 Å². The number of benzene rings is 1. The molecule has 0 aromatic heterocycles. The summed E-state index contributed by atoms with van der Waals surface area (Å²) in [6, 6.07) is 7.24. The number of alkyl halides is 3. The molecule has 0 saturated heterocycles. The van der Waals surface area contributed by atoms with Crippen molar-refractivity contribution in [2.75, 3.05) is 0 Å². The fourth-order valence-corrected chi connectivity index (χ4v) is 1.90. The van der Waals surface area contributed by atoms with Gasteiger partial charge in [0.05, 0.1) is 5.56 Å². The quantitative estimate of drug-likeness (QED) is 0.860. The van der Waals surface area contributed by atoms with Gasteiger partial charge in [-0.3, -0.25) is 4.79 Å². The molecule has 1 aromatic rings. The van der Waals surface area contributed by atoms with E-state index in [1.54, 1.807) is 26.8 Å². The largest absolute Gasteiger partial charge is 0.437 e. The molecule has 0 bridgehead atoms. The van der Waals surface area contributed by atoms with Crippen LogP contribution < -0.4 is 5.32 Å². The number of carbonyl (C=O) groups excluding carboxylic acids is 2. The molecule has 0 saturated carbocycles. The Kier molecular flexibility index (Phi) is 5.45. The van der Waals surface area contributed by atoms with Crippen molar-refractivity contribution >= 4 is 11.9 Å². The van der Waals surface area contributed by atoms with E-state index in [2.05, 4.69) is 10.1 Å². The van der Waals surface area contributed by atoms with Gasteiger partial charge in [0.25, 0.3) is 11.5 Å². The molecule has 0 heterocycles. The second kappa shape index (κ2) is 6.60. The van der Waals surface area contributed by atoms with Crippen LogP contribution in [-0.2, 0) is 9.53 Å². The molecule has 0 radical (unpaired) electrons. The van der Waals surface area contributed by atoms with E-state index in [4.69, 9.17) is 0 Å². The van der Waals surface area contributed by atoms with Gasteiger partial charge in [-0.2, -0.15) is 13.2 Å². The van der Waals surface area contributed by atoms with Gasteiger partial charge in [0, 0.05) is 12.0 Å². The normalized spacial score (nSPS) is 14.7. The summed E-state index contributed by atoms with van der Waals surface area (Å²) in [5, 5.41) is 2.24. The van der Waals surface area contributed by atoms with Gasteiger partial charge < -0.3 is 10.1 Å². The average molecular weight is 331 g/mol. The van der Waals surface area contributed by atoms with Crippen LogP contribution in [0.3, 0.4) is 0 Å². The second-order valence-corrected chi connectivity index (χ2v) is 6.14. The number of halogens is 3. The minimum Gasteiger partial charge on any atom is -0.435 e. The van der Waals surface area contributed by atoms with Crippen molar-refractivity contribution in [3.63, 3.8) is 0 Å². The van der Waals surface area contributed by atoms with Crippen molar-refractivity contribution in [3.05, 3.63) is 35.9 Å². The minimum atomic E-state index is -5.04. The van der Waals surface area contributed by atoms with Crippen LogP contribution in [0.2, 0.25) is 0 Å². The van der Waals surface area contributed by atoms with E-state index in [9.17, 15) is 22.8 Å². The van der Waals surface area contributed by atoms with Gasteiger partial charge in [0.15, 0.2) is 0 Å². The molecule has 1 aromatic carbocycles. The van der Waals surface area contributed by atoms with E-state index in [1.807, 2.05) is 0 Å². The molecule has 1 atom stereocenters. The van der Waals surface area contributed by atoms with Gasteiger partial charge in [-0.1, -0.05) is 25.1 Å². The number of rotatable bonds is 4. The first-order valence-electron chi connectivity index (χ1n) is 7.10. The predicted molar refractivity (Wildman–Crippen MR) is 78.8 cm³/mol. The van der Waals surface area contributed by atoms with Gasteiger partial charge in [-0.15, -0.1) is 0 Å². The molecular weight excluding hydrogens is 311 g/mol. The fourth-order valence-electron chi connectivity index (χ4n) is 1.90. The van der Waals surface area contributed by atoms with Crippen LogP contribution in [0.5, 0.6) is 0 Å². The monoisotopic (exact) mass is 331 g/mol. The Morgan fingerprint density at radius 2 is 1.61 bits per heavy atom. The molecule has 1 rings (SSSR count). The summed E-state index contributed by atoms with van der Waals surface area (Å²) >= 11 is 0. The van der Waals surface area contributed by atoms with Crippen molar-refractivity contribution in [2.45, 2.75) is 51.4 Å². The van der Waals surface area contributed by atoms with Crippen LogP contribution >= 0.6 is 0 Å². The third kappa shape index (κ3) is 4.46. The van der Waals surface area contributed by atoms with Crippen LogP contribution in [0, 0.1) is 0 Å². The summed E-state index contributed by atoms with van der Waals surface area (Å²) < 4.78 is 45.3. The molecule has 1 N–H and O–H groups in total. The highest BCUT2D eigenvalue weighted by molar-refractivity contribution is 5.94. The molecule has 128 valence electrons. The first kappa shape index (κ1) is 19.0. The molecule has 0 aliphatic rings. The lowest BCUT2D eigenvalue weighted by Gasteiger charge is -2.35. The lowest BCUT2D eigenvalue weighted by Crippen LogP contribution is -2.62. The first-order chi connectivity index (χ1) is 10.4. The lowest BCUT2D eigenvalue weighted by molar-refractivity contribution is -0.252. The van der Waals surface area contributed by atoms with Gasteiger partial charge in [-0.05, 0) is 32.9 Å². The smallest absolute Gasteiger partial charge is 0.435 e. The molecule has 0 unspecified atom stereocenters. The number of carbonyl (C=O) groups is 2. The Labute approximate surface area is 133 Å². The van der Waals surface area contributed by atoms with Crippen LogP contribution in [0.4, 0.5) is 13.2 Å². The van der Waals surface area contributed by atoms with E-state index < -0.39 is 35.6 Å². The zero-order valence-corrected chi connectivity index (χ0v) is 13.5. The Morgan fingerprint density at radius 1 is 1.09 bits per heavy atom. The van der Waals surface area contributed by atoms with Gasteiger partial charge in [-0.25, -0.2) is 4.79 Å². The molecule has 0 fully saturated rings. The van der Waals surface area contributed by atoms with Crippen molar-refractivity contribution in [1.29, 1.82) is 0 Å². The zero-order chi connectivity index (χ0) is 17.9.